The van der Waals surface area contributed by atoms with E-state index >= 15 is 0 Å². The van der Waals surface area contributed by atoms with Gasteiger partial charge in [0.2, 0.25) is 0 Å². The number of hydrogen-bond donors (Lipinski definition) is 1. The summed E-state index contributed by atoms with van der Waals surface area (Å²) < 4.78 is 33.6. The molecule has 5 nitrogen and oxygen atoms in total. The number of benzene rings is 1. The van der Waals surface area contributed by atoms with Crippen molar-refractivity contribution in [2.24, 2.45) is 0 Å². The predicted octanol–water partition coefficient (Wildman–Crippen LogP) is 2.08. The zero-order valence-corrected chi connectivity index (χ0v) is 12.7. The van der Waals surface area contributed by atoms with Crippen LogP contribution in [0.4, 0.5) is 5.69 Å². The van der Waals surface area contributed by atoms with Gasteiger partial charge in [-0.3, -0.25) is 0 Å². The molecule has 6 heteroatoms. The second kappa shape index (κ2) is 6.35. The molecule has 1 aromatic carbocycles. The third-order valence-electron chi connectivity index (χ3n) is 3.39. The molecule has 0 radical (unpaired) electrons. The van der Waals surface area contributed by atoms with Crippen molar-refractivity contribution in [1.82, 2.24) is 0 Å². The first kappa shape index (κ1) is 15.0. The van der Waals surface area contributed by atoms with Gasteiger partial charge in [-0.15, -0.1) is 0 Å². The number of nitrogens with one attached hydrogen (secondary N) is 1. The van der Waals surface area contributed by atoms with Crippen LogP contribution in [0.25, 0.3) is 0 Å². The Morgan fingerprint density at radius 3 is 2.55 bits per heavy atom. The summed E-state index contributed by atoms with van der Waals surface area (Å²) in [7, 11) is -1.21. The fourth-order valence-corrected chi connectivity index (χ4v) is 3.80. The molecule has 0 bridgehead atoms. The molecule has 0 spiro atoms. The van der Waals surface area contributed by atoms with E-state index in [0.717, 1.165) is 5.69 Å². The Hall–Kier alpha value is -1.43. The van der Waals surface area contributed by atoms with Crippen molar-refractivity contribution in [1.29, 1.82) is 0 Å². The van der Waals surface area contributed by atoms with E-state index < -0.39 is 9.84 Å². The topological polar surface area (TPSA) is 64.6 Å². The van der Waals surface area contributed by atoms with Gasteiger partial charge in [0.05, 0.1) is 25.2 Å². The van der Waals surface area contributed by atoms with E-state index in [1.165, 1.54) is 0 Å². The maximum Gasteiger partial charge on any atom is 0.163 e. The largest absolute Gasteiger partial charge is 0.493 e. The fraction of sp³-hybridized carbons (Fsp3) is 0.571. The van der Waals surface area contributed by atoms with Crippen molar-refractivity contribution in [3.8, 4) is 11.5 Å². The first-order valence-corrected chi connectivity index (χ1v) is 8.64. The summed E-state index contributed by atoms with van der Waals surface area (Å²) >= 11 is 0. The molecule has 0 unspecified atom stereocenters. The van der Waals surface area contributed by atoms with E-state index in [1.54, 1.807) is 7.11 Å². The van der Waals surface area contributed by atoms with Crippen molar-refractivity contribution >= 4 is 15.5 Å². The third-order valence-corrected chi connectivity index (χ3v) is 5.10. The molecule has 1 saturated heterocycles. The lowest BCUT2D eigenvalue weighted by atomic mass is 10.1. The van der Waals surface area contributed by atoms with Crippen LogP contribution in [0, 0.1) is 0 Å². The van der Waals surface area contributed by atoms with Gasteiger partial charge >= 0.3 is 0 Å². The number of sulfone groups is 1. The average Bonchev–Trinajstić information content (AvgIpc) is 2.42. The van der Waals surface area contributed by atoms with E-state index in [4.69, 9.17) is 9.47 Å². The molecule has 1 aromatic rings. The second-order valence-electron chi connectivity index (χ2n) is 4.87. The lowest BCUT2D eigenvalue weighted by Crippen LogP contribution is -2.32. The maximum atomic E-state index is 11.4. The molecular formula is C14H21NO4S. The quantitative estimate of drug-likeness (QED) is 0.902. The summed E-state index contributed by atoms with van der Waals surface area (Å²) in [5, 5.41) is 3.37. The van der Waals surface area contributed by atoms with Crippen LogP contribution in [-0.4, -0.2) is 39.7 Å². The highest BCUT2D eigenvalue weighted by Crippen LogP contribution is 2.31. The Morgan fingerprint density at radius 1 is 1.25 bits per heavy atom. The summed E-state index contributed by atoms with van der Waals surface area (Å²) in [4.78, 5) is 0. The second-order valence-corrected chi connectivity index (χ2v) is 7.17. The number of methoxy groups -OCH3 is 1. The molecule has 0 saturated carbocycles. The first-order valence-electron chi connectivity index (χ1n) is 6.82. The molecule has 1 aliphatic rings. The standard InChI is InChI=1S/C14H21NO4S/c1-3-19-14-10-12(4-5-13(14)18-2)15-11-6-8-20(16,17)9-7-11/h4-5,10-11,15H,3,6-9H2,1-2H3. The number of rotatable bonds is 5. The normalized spacial score (nSPS) is 18.5. The van der Waals surface area contributed by atoms with E-state index in [-0.39, 0.29) is 17.5 Å². The molecule has 0 aromatic heterocycles. The highest BCUT2D eigenvalue weighted by atomic mass is 32.2. The Bertz CT molecular complexity index is 542. The van der Waals surface area contributed by atoms with Crippen molar-refractivity contribution in [2.45, 2.75) is 25.8 Å². The van der Waals surface area contributed by atoms with Crippen LogP contribution in [0.2, 0.25) is 0 Å². The van der Waals surface area contributed by atoms with Gasteiger partial charge in [0.25, 0.3) is 0 Å². The lowest BCUT2D eigenvalue weighted by molar-refractivity contribution is 0.311. The molecule has 1 aliphatic heterocycles. The molecule has 0 amide bonds. The monoisotopic (exact) mass is 299 g/mol. The maximum absolute atomic E-state index is 11.4. The van der Waals surface area contributed by atoms with Gasteiger partial charge in [-0.05, 0) is 31.9 Å². The fourth-order valence-electron chi connectivity index (χ4n) is 2.30. The summed E-state index contributed by atoms with van der Waals surface area (Å²) in [6, 6.07) is 5.87. The SMILES string of the molecule is CCOc1cc(NC2CCS(=O)(=O)CC2)ccc1OC. The van der Waals surface area contributed by atoms with Gasteiger partial charge in [0.1, 0.15) is 9.84 Å². The van der Waals surface area contributed by atoms with E-state index in [9.17, 15) is 8.42 Å². The van der Waals surface area contributed by atoms with Gasteiger partial charge in [-0.25, -0.2) is 8.42 Å². The van der Waals surface area contributed by atoms with Crippen LogP contribution < -0.4 is 14.8 Å². The Balaban J connectivity index is 2.04. The van der Waals surface area contributed by atoms with Crippen LogP contribution >= 0.6 is 0 Å². The molecular weight excluding hydrogens is 278 g/mol. The summed E-state index contributed by atoms with van der Waals surface area (Å²) in [5.41, 5.74) is 0.929. The molecule has 112 valence electrons. The number of ether oxygens (including phenoxy) is 2. The summed E-state index contributed by atoms with van der Waals surface area (Å²) in [6.45, 7) is 2.49. The minimum atomic E-state index is -2.82. The van der Waals surface area contributed by atoms with Crippen molar-refractivity contribution in [3.63, 3.8) is 0 Å². The van der Waals surface area contributed by atoms with Crippen LogP contribution in [0.3, 0.4) is 0 Å². The molecule has 1 fully saturated rings. The minimum absolute atomic E-state index is 0.196. The van der Waals surface area contributed by atoms with Crippen LogP contribution in [-0.2, 0) is 9.84 Å². The van der Waals surface area contributed by atoms with E-state index in [1.807, 2.05) is 25.1 Å². The highest BCUT2D eigenvalue weighted by molar-refractivity contribution is 7.91. The van der Waals surface area contributed by atoms with Crippen molar-refractivity contribution < 1.29 is 17.9 Å². The Kier molecular flexibility index (Phi) is 4.75. The zero-order valence-electron chi connectivity index (χ0n) is 11.9. The van der Waals surface area contributed by atoms with Gasteiger partial charge in [0.15, 0.2) is 11.5 Å². The van der Waals surface area contributed by atoms with Crippen molar-refractivity contribution in [2.75, 3.05) is 30.5 Å². The van der Waals surface area contributed by atoms with E-state index in [0.29, 0.717) is 30.9 Å². The third kappa shape index (κ3) is 3.79. The van der Waals surface area contributed by atoms with Crippen molar-refractivity contribution in [3.05, 3.63) is 18.2 Å². The lowest BCUT2D eigenvalue weighted by Gasteiger charge is -2.24. The van der Waals surface area contributed by atoms with Crippen LogP contribution in [0.1, 0.15) is 19.8 Å². The highest BCUT2D eigenvalue weighted by Gasteiger charge is 2.23. The number of anilines is 1. The minimum Gasteiger partial charge on any atom is -0.493 e. The molecule has 0 atom stereocenters. The average molecular weight is 299 g/mol. The van der Waals surface area contributed by atoms with Gasteiger partial charge in [-0.2, -0.15) is 0 Å². The predicted molar refractivity (Wildman–Crippen MR) is 79.5 cm³/mol. The zero-order chi connectivity index (χ0) is 14.6. The molecule has 1 heterocycles. The molecule has 20 heavy (non-hydrogen) atoms. The Labute approximate surface area is 120 Å². The number of hydrogen-bond acceptors (Lipinski definition) is 5. The van der Waals surface area contributed by atoms with Crippen LogP contribution in [0.5, 0.6) is 11.5 Å². The molecule has 1 N–H and O–H groups in total. The first-order chi connectivity index (χ1) is 9.54. The Morgan fingerprint density at radius 2 is 1.95 bits per heavy atom. The molecule has 2 rings (SSSR count). The van der Waals surface area contributed by atoms with Crippen LogP contribution in [0.15, 0.2) is 18.2 Å². The summed E-state index contributed by atoms with van der Waals surface area (Å²) in [6.07, 6.45) is 1.30. The molecule has 0 aliphatic carbocycles. The summed E-state index contributed by atoms with van der Waals surface area (Å²) in [5.74, 6) is 1.92. The van der Waals surface area contributed by atoms with E-state index in [2.05, 4.69) is 5.32 Å². The van der Waals surface area contributed by atoms with Gasteiger partial charge in [-0.1, -0.05) is 0 Å². The van der Waals surface area contributed by atoms with Gasteiger partial charge in [0, 0.05) is 17.8 Å². The van der Waals surface area contributed by atoms with Gasteiger partial charge < -0.3 is 14.8 Å². The smallest absolute Gasteiger partial charge is 0.163 e.